The number of rotatable bonds is 5. The second-order valence-corrected chi connectivity index (χ2v) is 5.38. The van der Waals surface area contributed by atoms with E-state index in [0.717, 1.165) is 56.0 Å². The van der Waals surface area contributed by atoms with Crippen molar-refractivity contribution in [1.82, 2.24) is 4.90 Å². The maximum Gasteiger partial charge on any atom is 0.134 e. The number of unbranched alkanes of at least 4 members (excludes halogenated alkanes) is 1. The van der Waals surface area contributed by atoms with Gasteiger partial charge in [0, 0.05) is 18.7 Å². The Morgan fingerprint density at radius 1 is 1.15 bits per heavy atom. The molecule has 1 aliphatic rings. The van der Waals surface area contributed by atoms with Gasteiger partial charge >= 0.3 is 0 Å². The number of hydrogen-bond donors (Lipinski definition) is 1. The van der Waals surface area contributed by atoms with Crippen LogP contribution in [0.4, 0.5) is 0 Å². The summed E-state index contributed by atoms with van der Waals surface area (Å²) in [5.41, 5.74) is 2.50. The van der Waals surface area contributed by atoms with Crippen LogP contribution in [0.2, 0.25) is 0 Å². The first-order valence-corrected chi connectivity index (χ1v) is 7.37. The molecule has 3 rings (SSSR count). The summed E-state index contributed by atoms with van der Waals surface area (Å²) in [5.74, 6) is 2.09. The average Bonchev–Trinajstić information content (AvgIpc) is 2.92. The first-order chi connectivity index (χ1) is 9.86. The van der Waals surface area contributed by atoms with Crippen LogP contribution >= 0.6 is 0 Å². The van der Waals surface area contributed by atoms with E-state index in [4.69, 9.17) is 9.52 Å². The van der Waals surface area contributed by atoms with E-state index in [9.17, 15) is 0 Å². The van der Waals surface area contributed by atoms with E-state index in [0.29, 0.717) is 0 Å². The van der Waals surface area contributed by atoms with Crippen LogP contribution in [0.1, 0.15) is 24.2 Å². The summed E-state index contributed by atoms with van der Waals surface area (Å²) in [7, 11) is 0. The molecule has 0 bridgehead atoms. The highest BCUT2D eigenvalue weighted by Crippen LogP contribution is 2.29. The summed E-state index contributed by atoms with van der Waals surface area (Å²) >= 11 is 0. The van der Waals surface area contributed by atoms with E-state index in [1.807, 2.05) is 18.2 Å². The molecule has 0 aliphatic carbocycles. The van der Waals surface area contributed by atoms with Gasteiger partial charge < -0.3 is 9.52 Å². The van der Waals surface area contributed by atoms with Crippen molar-refractivity contribution in [2.75, 3.05) is 19.7 Å². The van der Waals surface area contributed by atoms with Crippen molar-refractivity contribution < 1.29 is 9.52 Å². The van der Waals surface area contributed by atoms with E-state index >= 15 is 0 Å². The average molecular weight is 271 g/mol. The topological polar surface area (TPSA) is 36.6 Å². The fraction of sp³-hybridized carbons (Fsp3) is 0.412. The van der Waals surface area contributed by atoms with Crippen LogP contribution in [0, 0.1) is 0 Å². The Bertz CT molecular complexity index is 547. The van der Waals surface area contributed by atoms with E-state index in [1.54, 1.807) is 0 Å². The van der Waals surface area contributed by atoms with Crippen molar-refractivity contribution in [3.05, 3.63) is 47.7 Å². The van der Waals surface area contributed by atoms with Gasteiger partial charge in [0.05, 0.1) is 6.54 Å². The van der Waals surface area contributed by atoms with Crippen molar-refractivity contribution in [3.63, 3.8) is 0 Å². The smallest absolute Gasteiger partial charge is 0.134 e. The highest BCUT2D eigenvalue weighted by Gasteiger charge is 2.20. The molecule has 0 amide bonds. The Balaban J connectivity index is 1.70. The van der Waals surface area contributed by atoms with E-state index < -0.39 is 0 Å². The van der Waals surface area contributed by atoms with Gasteiger partial charge in [0.1, 0.15) is 11.5 Å². The van der Waals surface area contributed by atoms with Gasteiger partial charge in [0.15, 0.2) is 0 Å². The maximum absolute atomic E-state index is 8.85. The first kappa shape index (κ1) is 13.4. The molecule has 0 saturated heterocycles. The molecule has 0 unspecified atom stereocenters. The van der Waals surface area contributed by atoms with Crippen molar-refractivity contribution in [2.45, 2.75) is 25.8 Å². The Kier molecular flexibility index (Phi) is 4.19. The zero-order valence-corrected chi connectivity index (χ0v) is 11.7. The lowest BCUT2D eigenvalue weighted by atomic mass is 10.1. The van der Waals surface area contributed by atoms with Crippen molar-refractivity contribution in [1.29, 1.82) is 0 Å². The Morgan fingerprint density at radius 3 is 2.80 bits per heavy atom. The molecule has 1 aliphatic heterocycles. The largest absolute Gasteiger partial charge is 0.459 e. The zero-order valence-electron chi connectivity index (χ0n) is 11.7. The molecule has 106 valence electrons. The van der Waals surface area contributed by atoms with Gasteiger partial charge in [-0.3, -0.25) is 4.90 Å². The molecule has 0 radical (unpaired) electrons. The maximum atomic E-state index is 8.85. The van der Waals surface area contributed by atoms with Gasteiger partial charge in [0.2, 0.25) is 0 Å². The minimum absolute atomic E-state index is 0.290. The number of fused-ring (bicyclic) bond motifs is 1. The van der Waals surface area contributed by atoms with Crippen LogP contribution in [0.15, 0.2) is 40.8 Å². The summed E-state index contributed by atoms with van der Waals surface area (Å²) in [6.45, 7) is 3.32. The van der Waals surface area contributed by atoms with Gasteiger partial charge in [-0.25, -0.2) is 0 Å². The molecule has 2 heterocycles. The second-order valence-electron chi connectivity index (χ2n) is 5.38. The van der Waals surface area contributed by atoms with E-state index in [2.05, 4.69) is 23.1 Å². The highest BCUT2D eigenvalue weighted by molar-refractivity contribution is 5.58. The van der Waals surface area contributed by atoms with Gasteiger partial charge in [-0.05, 0) is 37.4 Å². The Morgan fingerprint density at radius 2 is 2.00 bits per heavy atom. The minimum Gasteiger partial charge on any atom is -0.459 e. The molecular formula is C17H21NO2. The van der Waals surface area contributed by atoms with Crippen LogP contribution in [-0.2, 0) is 13.0 Å². The molecule has 3 heteroatoms. The van der Waals surface area contributed by atoms with Gasteiger partial charge in [-0.2, -0.15) is 0 Å². The lowest BCUT2D eigenvalue weighted by Crippen LogP contribution is -2.30. The minimum atomic E-state index is 0.290. The molecular weight excluding hydrogens is 250 g/mol. The Hall–Kier alpha value is -1.58. The molecule has 0 saturated carbocycles. The number of benzene rings is 1. The van der Waals surface area contributed by atoms with E-state index in [1.165, 1.54) is 5.56 Å². The second kappa shape index (κ2) is 6.25. The predicted octanol–water partition coefficient (Wildman–Crippen LogP) is 3.08. The normalized spacial score (nSPS) is 15.2. The van der Waals surface area contributed by atoms with Crippen molar-refractivity contribution in [3.8, 4) is 11.3 Å². The third kappa shape index (κ3) is 2.94. The van der Waals surface area contributed by atoms with Gasteiger partial charge in [-0.15, -0.1) is 0 Å². The summed E-state index contributed by atoms with van der Waals surface area (Å²) in [5, 5.41) is 8.85. The summed E-state index contributed by atoms with van der Waals surface area (Å²) < 4.78 is 6.04. The molecule has 3 nitrogen and oxygen atoms in total. The predicted molar refractivity (Wildman–Crippen MR) is 79.4 cm³/mol. The number of hydrogen-bond acceptors (Lipinski definition) is 3. The fourth-order valence-corrected chi connectivity index (χ4v) is 2.76. The molecule has 20 heavy (non-hydrogen) atoms. The molecule has 2 aromatic rings. The standard InChI is InChI=1S/C17H21NO2/c19-11-5-4-9-18-10-8-15-12-16(20-17(15)13-18)14-6-2-1-3-7-14/h1-3,6-7,12,19H,4-5,8-11,13H2. The van der Waals surface area contributed by atoms with Crippen LogP contribution in [0.3, 0.4) is 0 Å². The molecule has 1 aromatic heterocycles. The molecule has 0 spiro atoms. The lowest BCUT2D eigenvalue weighted by molar-refractivity contribution is 0.213. The van der Waals surface area contributed by atoms with Gasteiger partial charge in [-0.1, -0.05) is 30.3 Å². The summed E-state index contributed by atoms with van der Waals surface area (Å²) in [6.07, 6.45) is 3.00. The quantitative estimate of drug-likeness (QED) is 0.849. The highest BCUT2D eigenvalue weighted by atomic mass is 16.3. The van der Waals surface area contributed by atoms with Crippen LogP contribution < -0.4 is 0 Å². The molecule has 1 N–H and O–H groups in total. The van der Waals surface area contributed by atoms with E-state index in [-0.39, 0.29) is 6.61 Å². The third-order valence-corrected chi connectivity index (χ3v) is 3.90. The molecule has 0 atom stereocenters. The number of aliphatic hydroxyl groups is 1. The number of nitrogens with zero attached hydrogens (tertiary/aromatic N) is 1. The lowest BCUT2D eigenvalue weighted by Gasteiger charge is -2.25. The molecule has 0 fully saturated rings. The fourth-order valence-electron chi connectivity index (χ4n) is 2.76. The van der Waals surface area contributed by atoms with Crippen LogP contribution in [-0.4, -0.2) is 29.7 Å². The van der Waals surface area contributed by atoms with Crippen LogP contribution in [0.5, 0.6) is 0 Å². The SMILES string of the molecule is OCCCCN1CCc2cc(-c3ccccc3)oc2C1. The van der Waals surface area contributed by atoms with Crippen LogP contribution in [0.25, 0.3) is 11.3 Å². The van der Waals surface area contributed by atoms with Crippen molar-refractivity contribution in [2.24, 2.45) is 0 Å². The number of aliphatic hydroxyl groups excluding tert-OH is 1. The van der Waals surface area contributed by atoms with Crippen molar-refractivity contribution >= 4 is 0 Å². The zero-order chi connectivity index (χ0) is 13.8. The molecule has 1 aromatic carbocycles. The monoisotopic (exact) mass is 271 g/mol. The summed E-state index contributed by atoms with van der Waals surface area (Å²) in [6, 6.07) is 12.5. The Labute approximate surface area is 119 Å². The first-order valence-electron chi connectivity index (χ1n) is 7.37. The van der Waals surface area contributed by atoms with Gasteiger partial charge in [0.25, 0.3) is 0 Å². The number of furan rings is 1. The third-order valence-electron chi connectivity index (χ3n) is 3.90. The summed E-state index contributed by atoms with van der Waals surface area (Å²) in [4.78, 5) is 2.41.